The molecule has 6 rings (SSSR count). The minimum atomic E-state index is 0.609. The average Bonchev–Trinajstić information content (AvgIpc) is 3.43. The Labute approximate surface area is 167 Å². The molecule has 140 valence electrons. The first-order valence-electron chi connectivity index (χ1n) is 10.0. The Morgan fingerprint density at radius 2 is 1.96 bits per heavy atom. The van der Waals surface area contributed by atoms with Crippen molar-refractivity contribution in [2.75, 3.05) is 5.32 Å². The van der Waals surface area contributed by atoms with Gasteiger partial charge in [-0.2, -0.15) is 0 Å². The molecule has 1 N–H and O–H groups in total. The largest absolute Gasteiger partial charge is 0.457 e. The van der Waals surface area contributed by atoms with Crippen LogP contribution >= 0.6 is 11.3 Å². The minimum Gasteiger partial charge on any atom is -0.457 e. The Hall–Kier alpha value is -2.66. The lowest BCUT2D eigenvalue weighted by Gasteiger charge is -2.22. The van der Waals surface area contributed by atoms with Crippen LogP contribution < -0.4 is 10.1 Å². The van der Waals surface area contributed by atoms with Gasteiger partial charge in [0.2, 0.25) is 0 Å². The van der Waals surface area contributed by atoms with Crippen LogP contribution in [0.4, 0.5) is 5.13 Å². The van der Waals surface area contributed by atoms with E-state index in [-0.39, 0.29) is 0 Å². The van der Waals surface area contributed by atoms with E-state index in [0.29, 0.717) is 6.04 Å². The third-order valence-electron chi connectivity index (χ3n) is 6.24. The number of anilines is 1. The van der Waals surface area contributed by atoms with E-state index in [1.165, 1.54) is 25.7 Å². The highest BCUT2D eigenvalue weighted by atomic mass is 32.1. The molecule has 3 unspecified atom stereocenters. The van der Waals surface area contributed by atoms with Crippen molar-refractivity contribution in [3.05, 3.63) is 54.7 Å². The van der Waals surface area contributed by atoms with Crippen molar-refractivity contribution in [1.82, 2.24) is 9.97 Å². The monoisotopic (exact) mass is 387 g/mol. The zero-order chi connectivity index (χ0) is 18.5. The third kappa shape index (κ3) is 2.81. The van der Waals surface area contributed by atoms with Crippen molar-refractivity contribution in [2.24, 2.45) is 11.8 Å². The molecule has 0 aliphatic heterocycles. The van der Waals surface area contributed by atoms with Crippen LogP contribution in [0, 0.1) is 11.8 Å². The Balaban J connectivity index is 1.27. The Morgan fingerprint density at radius 1 is 1.00 bits per heavy atom. The molecular weight excluding hydrogens is 366 g/mol. The SMILES string of the molecule is c1ccc2c(Oc3ccc4nc(NC5CC6CCC5C6)sc4c3)ccnc2c1. The lowest BCUT2D eigenvalue weighted by atomic mass is 9.96. The van der Waals surface area contributed by atoms with E-state index >= 15 is 0 Å². The van der Waals surface area contributed by atoms with Crippen LogP contribution in [-0.4, -0.2) is 16.0 Å². The number of benzene rings is 2. The maximum absolute atomic E-state index is 6.20. The van der Waals surface area contributed by atoms with Crippen molar-refractivity contribution in [2.45, 2.75) is 31.7 Å². The first-order chi connectivity index (χ1) is 13.8. The second-order valence-electron chi connectivity index (χ2n) is 8.00. The van der Waals surface area contributed by atoms with Gasteiger partial charge in [0.05, 0.1) is 15.7 Å². The van der Waals surface area contributed by atoms with E-state index in [4.69, 9.17) is 9.72 Å². The predicted molar refractivity (Wildman–Crippen MR) is 114 cm³/mol. The molecule has 2 aromatic carbocycles. The van der Waals surface area contributed by atoms with Gasteiger partial charge >= 0.3 is 0 Å². The summed E-state index contributed by atoms with van der Waals surface area (Å²) in [6.07, 6.45) is 7.31. The summed E-state index contributed by atoms with van der Waals surface area (Å²) < 4.78 is 7.36. The number of aromatic nitrogens is 2. The van der Waals surface area contributed by atoms with Gasteiger partial charge in [-0.05, 0) is 61.4 Å². The number of para-hydroxylation sites is 1. The summed E-state index contributed by atoms with van der Waals surface area (Å²) in [5.74, 6) is 3.44. The van der Waals surface area contributed by atoms with Crippen molar-refractivity contribution in [1.29, 1.82) is 0 Å². The fourth-order valence-corrected chi connectivity index (χ4v) is 5.85. The van der Waals surface area contributed by atoms with Gasteiger partial charge in [-0.3, -0.25) is 4.98 Å². The number of hydrogen-bond acceptors (Lipinski definition) is 5. The molecule has 2 bridgehead atoms. The number of nitrogens with zero attached hydrogens (tertiary/aromatic N) is 2. The number of fused-ring (bicyclic) bond motifs is 4. The van der Waals surface area contributed by atoms with Gasteiger partial charge in [0.1, 0.15) is 11.5 Å². The number of hydrogen-bond donors (Lipinski definition) is 1. The van der Waals surface area contributed by atoms with Crippen LogP contribution in [-0.2, 0) is 0 Å². The summed E-state index contributed by atoms with van der Waals surface area (Å²) in [7, 11) is 0. The summed E-state index contributed by atoms with van der Waals surface area (Å²) in [6, 6.07) is 16.7. The maximum atomic E-state index is 6.20. The van der Waals surface area contributed by atoms with Gasteiger partial charge in [0, 0.05) is 23.7 Å². The number of ether oxygens (including phenoxy) is 1. The van der Waals surface area contributed by atoms with Crippen molar-refractivity contribution in [3.63, 3.8) is 0 Å². The molecule has 5 heteroatoms. The predicted octanol–water partition coefficient (Wildman–Crippen LogP) is 6.24. The van der Waals surface area contributed by atoms with Gasteiger partial charge in [-0.15, -0.1) is 0 Å². The topological polar surface area (TPSA) is 47.0 Å². The normalized spacial score (nSPS) is 23.5. The van der Waals surface area contributed by atoms with E-state index in [1.54, 1.807) is 17.5 Å². The zero-order valence-corrected chi connectivity index (χ0v) is 16.3. The second kappa shape index (κ2) is 6.45. The van der Waals surface area contributed by atoms with Crippen LogP contribution in [0.1, 0.15) is 25.7 Å². The van der Waals surface area contributed by atoms with Crippen molar-refractivity contribution in [3.8, 4) is 11.5 Å². The molecule has 2 heterocycles. The fourth-order valence-electron chi connectivity index (χ4n) is 4.90. The zero-order valence-electron chi connectivity index (χ0n) is 15.5. The molecule has 0 radical (unpaired) electrons. The van der Waals surface area contributed by atoms with E-state index < -0.39 is 0 Å². The van der Waals surface area contributed by atoms with Gasteiger partial charge < -0.3 is 10.1 Å². The summed E-state index contributed by atoms with van der Waals surface area (Å²) in [6.45, 7) is 0. The summed E-state index contributed by atoms with van der Waals surface area (Å²) in [5.41, 5.74) is 1.97. The molecule has 4 aromatic rings. The molecule has 0 saturated heterocycles. The van der Waals surface area contributed by atoms with Crippen LogP contribution in [0.25, 0.3) is 21.1 Å². The lowest BCUT2D eigenvalue weighted by Crippen LogP contribution is -2.25. The van der Waals surface area contributed by atoms with E-state index in [2.05, 4.69) is 22.4 Å². The standard InChI is InChI=1S/C23H21N3OS/c1-2-4-18-17(3-1)21(9-10-24-18)27-16-7-8-19-22(13-16)28-23(25-19)26-20-12-14-5-6-15(20)11-14/h1-4,7-10,13-15,20H,5-6,11-12H2,(H,25,26). The number of nitrogens with one attached hydrogen (secondary N) is 1. The molecular formula is C23H21N3OS. The highest BCUT2D eigenvalue weighted by Crippen LogP contribution is 2.46. The molecule has 0 amide bonds. The van der Waals surface area contributed by atoms with Crippen LogP contribution in [0.3, 0.4) is 0 Å². The van der Waals surface area contributed by atoms with Gasteiger partial charge in [-0.1, -0.05) is 29.9 Å². The molecule has 28 heavy (non-hydrogen) atoms. The fraction of sp³-hybridized carbons (Fsp3) is 0.304. The van der Waals surface area contributed by atoms with E-state index in [9.17, 15) is 0 Å². The Morgan fingerprint density at radius 3 is 2.86 bits per heavy atom. The van der Waals surface area contributed by atoms with Crippen molar-refractivity contribution >= 4 is 37.6 Å². The molecule has 0 spiro atoms. The van der Waals surface area contributed by atoms with Crippen LogP contribution in [0.2, 0.25) is 0 Å². The lowest BCUT2D eigenvalue weighted by molar-refractivity contribution is 0.439. The molecule has 2 aliphatic rings. The Kier molecular flexibility index (Phi) is 3.76. The van der Waals surface area contributed by atoms with Gasteiger partial charge in [-0.25, -0.2) is 4.98 Å². The molecule has 4 nitrogen and oxygen atoms in total. The van der Waals surface area contributed by atoms with Gasteiger partial charge in [0.25, 0.3) is 0 Å². The van der Waals surface area contributed by atoms with Crippen LogP contribution in [0.5, 0.6) is 11.5 Å². The highest BCUT2D eigenvalue weighted by molar-refractivity contribution is 7.22. The Bertz CT molecular complexity index is 1170. The smallest absolute Gasteiger partial charge is 0.184 e. The van der Waals surface area contributed by atoms with Crippen LogP contribution in [0.15, 0.2) is 54.7 Å². The summed E-state index contributed by atoms with van der Waals surface area (Å²) in [4.78, 5) is 9.21. The molecule has 3 atom stereocenters. The second-order valence-corrected chi connectivity index (χ2v) is 9.03. The minimum absolute atomic E-state index is 0.609. The number of rotatable bonds is 4. The first kappa shape index (κ1) is 16.3. The molecule has 2 aromatic heterocycles. The number of thiazole rings is 1. The molecule has 2 fully saturated rings. The highest BCUT2D eigenvalue weighted by Gasteiger charge is 2.39. The van der Waals surface area contributed by atoms with Crippen molar-refractivity contribution < 1.29 is 4.74 Å². The maximum Gasteiger partial charge on any atom is 0.184 e. The molecule has 2 saturated carbocycles. The summed E-state index contributed by atoms with van der Waals surface area (Å²) in [5, 5.41) is 5.78. The average molecular weight is 388 g/mol. The molecule has 2 aliphatic carbocycles. The van der Waals surface area contributed by atoms with E-state index in [1.807, 2.05) is 36.4 Å². The summed E-state index contributed by atoms with van der Waals surface area (Å²) >= 11 is 1.73. The quantitative estimate of drug-likeness (QED) is 0.450. The first-order valence-corrected chi connectivity index (χ1v) is 10.8. The third-order valence-corrected chi connectivity index (χ3v) is 7.19. The van der Waals surface area contributed by atoms with Gasteiger partial charge in [0.15, 0.2) is 5.13 Å². The number of pyridine rings is 1. The van der Waals surface area contributed by atoms with E-state index in [0.717, 1.165) is 49.6 Å².